The number of nitrogens with zero attached hydrogens (tertiary/aromatic N) is 2. The number of aliphatic hydroxyl groups is 1. The van der Waals surface area contributed by atoms with Gasteiger partial charge in [-0.05, 0) is 37.1 Å². The van der Waals surface area contributed by atoms with Crippen molar-refractivity contribution < 1.29 is 5.11 Å². The van der Waals surface area contributed by atoms with Crippen LogP contribution < -0.4 is 5.73 Å². The Labute approximate surface area is 113 Å². The molecule has 0 aliphatic carbocycles. The summed E-state index contributed by atoms with van der Waals surface area (Å²) in [7, 11) is 0. The first-order chi connectivity index (χ1) is 9.10. The van der Waals surface area contributed by atoms with Crippen LogP contribution in [0.25, 0.3) is 0 Å². The normalized spacial score (nSPS) is 14.3. The van der Waals surface area contributed by atoms with E-state index in [2.05, 4.69) is 18.9 Å². The van der Waals surface area contributed by atoms with Gasteiger partial charge in [0.1, 0.15) is 0 Å². The number of aromatic nitrogens is 2. The first kappa shape index (κ1) is 13.6. The molecule has 1 aromatic heterocycles. The highest BCUT2D eigenvalue weighted by atomic mass is 16.3. The maximum atomic E-state index is 10.2. The van der Waals surface area contributed by atoms with Crippen molar-refractivity contribution in [3.8, 4) is 0 Å². The third-order valence-corrected chi connectivity index (χ3v) is 3.40. The summed E-state index contributed by atoms with van der Waals surface area (Å²) in [5, 5.41) is 14.7. The molecule has 0 saturated heterocycles. The van der Waals surface area contributed by atoms with E-state index in [0.717, 1.165) is 17.7 Å². The summed E-state index contributed by atoms with van der Waals surface area (Å²) in [6.07, 6.45) is 2.95. The Bertz CT molecular complexity index is 536. The highest BCUT2D eigenvalue weighted by Crippen LogP contribution is 2.20. The molecule has 19 heavy (non-hydrogen) atoms. The van der Waals surface area contributed by atoms with Crippen LogP contribution in [0.15, 0.2) is 36.5 Å². The van der Waals surface area contributed by atoms with Gasteiger partial charge in [0.05, 0.1) is 11.8 Å². The molecule has 1 heterocycles. The van der Waals surface area contributed by atoms with Crippen LogP contribution in [-0.2, 0) is 6.42 Å². The van der Waals surface area contributed by atoms with Crippen LogP contribution in [0.5, 0.6) is 0 Å². The first-order valence-electron chi connectivity index (χ1n) is 6.67. The van der Waals surface area contributed by atoms with Gasteiger partial charge in [-0.25, -0.2) is 0 Å². The number of hydrogen-bond donors (Lipinski definition) is 2. The number of nitrogens with two attached hydrogens (primary N) is 1. The molecule has 2 atom stereocenters. The minimum absolute atomic E-state index is 0.387. The van der Waals surface area contributed by atoms with Gasteiger partial charge in [0.15, 0.2) is 0 Å². The molecule has 0 spiro atoms. The Hall–Kier alpha value is -1.81. The maximum absolute atomic E-state index is 10.2. The molecule has 4 nitrogen and oxygen atoms in total. The van der Waals surface area contributed by atoms with Gasteiger partial charge < -0.3 is 10.8 Å². The lowest BCUT2D eigenvalue weighted by molar-refractivity contribution is 0.177. The molecular formula is C15H21N3O. The molecule has 0 amide bonds. The largest absolute Gasteiger partial charge is 0.399 e. The van der Waals surface area contributed by atoms with Gasteiger partial charge in [0.25, 0.3) is 0 Å². The van der Waals surface area contributed by atoms with Crippen LogP contribution in [0, 0.1) is 0 Å². The summed E-state index contributed by atoms with van der Waals surface area (Å²) in [6, 6.07) is 9.70. The molecule has 0 saturated carbocycles. The quantitative estimate of drug-likeness (QED) is 0.811. The molecule has 4 heteroatoms. The van der Waals surface area contributed by atoms with Crippen molar-refractivity contribution in [2.75, 3.05) is 5.73 Å². The number of rotatable bonds is 5. The van der Waals surface area contributed by atoms with Crippen LogP contribution in [0.2, 0.25) is 0 Å². The summed E-state index contributed by atoms with van der Waals surface area (Å²) in [4.78, 5) is 0. The molecule has 1 aromatic carbocycles. The Kier molecular flexibility index (Phi) is 4.22. The zero-order valence-corrected chi connectivity index (χ0v) is 11.5. The predicted octanol–water partition coefficient (Wildman–Crippen LogP) is 2.71. The number of benzene rings is 1. The van der Waals surface area contributed by atoms with Crippen LogP contribution in [0.1, 0.15) is 43.7 Å². The van der Waals surface area contributed by atoms with E-state index in [9.17, 15) is 5.11 Å². The standard InChI is InChI=1S/C15H21N3O/c1-3-11(2)18-8-7-14(17-18)10-15(19)12-5-4-6-13(16)9-12/h4-9,11,15,19H,3,10,16H2,1-2H3. The second-order valence-electron chi connectivity index (χ2n) is 4.93. The highest BCUT2D eigenvalue weighted by Gasteiger charge is 2.12. The van der Waals surface area contributed by atoms with Gasteiger partial charge >= 0.3 is 0 Å². The summed E-state index contributed by atoms with van der Waals surface area (Å²) in [5.74, 6) is 0. The maximum Gasteiger partial charge on any atom is 0.0846 e. The lowest BCUT2D eigenvalue weighted by atomic mass is 10.0. The minimum atomic E-state index is -0.566. The molecule has 0 aliphatic rings. The third kappa shape index (κ3) is 3.35. The fourth-order valence-electron chi connectivity index (χ4n) is 2.00. The Morgan fingerprint density at radius 3 is 2.84 bits per heavy atom. The fraction of sp³-hybridized carbons (Fsp3) is 0.400. The van der Waals surface area contributed by atoms with Gasteiger partial charge in [-0.3, -0.25) is 4.68 Å². The first-order valence-corrected chi connectivity index (χ1v) is 6.67. The van der Waals surface area contributed by atoms with Crippen molar-refractivity contribution in [3.63, 3.8) is 0 Å². The number of anilines is 1. The van der Waals surface area contributed by atoms with Gasteiger partial charge in [0.2, 0.25) is 0 Å². The summed E-state index contributed by atoms with van der Waals surface area (Å²) < 4.78 is 1.95. The highest BCUT2D eigenvalue weighted by molar-refractivity contribution is 5.41. The Morgan fingerprint density at radius 1 is 1.37 bits per heavy atom. The number of aliphatic hydroxyl groups excluding tert-OH is 1. The second-order valence-corrected chi connectivity index (χ2v) is 4.93. The Balaban J connectivity index is 2.06. The smallest absolute Gasteiger partial charge is 0.0846 e. The number of hydrogen-bond acceptors (Lipinski definition) is 3. The van der Waals surface area contributed by atoms with E-state index in [-0.39, 0.29) is 0 Å². The molecule has 2 unspecified atom stereocenters. The zero-order chi connectivity index (χ0) is 13.8. The van der Waals surface area contributed by atoms with Crippen molar-refractivity contribution in [2.45, 2.75) is 38.8 Å². The fourth-order valence-corrected chi connectivity index (χ4v) is 2.00. The SMILES string of the molecule is CCC(C)n1ccc(CC(O)c2cccc(N)c2)n1. The van der Waals surface area contributed by atoms with Crippen LogP contribution >= 0.6 is 0 Å². The molecule has 0 radical (unpaired) electrons. The van der Waals surface area contributed by atoms with E-state index in [0.29, 0.717) is 18.2 Å². The van der Waals surface area contributed by atoms with Crippen LogP contribution in [-0.4, -0.2) is 14.9 Å². The van der Waals surface area contributed by atoms with E-state index in [1.807, 2.05) is 35.1 Å². The zero-order valence-electron chi connectivity index (χ0n) is 11.5. The molecule has 2 aromatic rings. The molecule has 0 aliphatic heterocycles. The van der Waals surface area contributed by atoms with Crippen molar-refractivity contribution in [1.29, 1.82) is 0 Å². The minimum Gasteiger partial charge on any atom is -0.399 e. The van der Waals surface area contributed by atoms with E-state index in [1.54, 1.807) is 6.07 Å². The van der Waals surface area contributed by atoms with Crippen molar-refractivity contribution in [2.24, 2.45) is 0 Å². The molecule has 3 N–H and O–H groups in total. The molecular weight excluding hydrogens is 238 g/mol. The van der Waals surface area contributed by atoms with Gasteiger partial charge in [-0.2, -0.15) is 5.10 Å². The van der Waals surface area contributed by atoms with E-state index in [1.165, 1.54) is 0 Å². The Morgan fingerprint density at radius 2 is 2.16 bits per heavy atom. The molecule has 102 valence electrons. The summed E-state index contributed by atoms with van der Waals surface area (Å²) >= 11 is 0. The molecule has 0 bridgehead atoms. The summed E-state index contributed by atoms with van der Waals surface area (Å²) in [6.45, 7) is 4.26. The molecule has 0 fully saturated rings. The number of nitrogen functional groups attached to an aromatic ring is 1. The monoisotopic (exact) mass is 259 g/mol. The third-order valence-electron chi connectivity index (χ3n) is 3.40. The lowest BCUT2D eigenvalue weighted by Gasteiger charge is -2.11. The second kappa shape index (κ2) is 5.89. The molecule has 2 rings (SSSR count). The van der Waals surface area contributed by atoms with Crippen molar-refractivity contribution >= 4 is 5.69 Å². The van der Waals surface area contributed by atoms with Gasteiger partial charge in [0, 0.05) is 24.3 Å². The van der Waals surface area contributed by atoms with Crippen molar-refractivity contribution in [3.05, 3.63) is 47.8 Å². The van der Waals surface area contributed by atoms with Crippen LogP contribution in [0.4, 0.5) is 5.69 Å². The van der Waals surface area contributed by atoms with Gasteiger partial charge in [-0.1, -0.05) is 19.1 Å². The lowest BCUT2D eigenvalue weighted by Crippen LogP contribution is -2.07. The van der Waals surface area contributed by atoms with E-state index >= 15 is 0 Å². The van der Waals surface area contributed by atoms with E-state index < -0.39 is 6.10 Å². The average Bonchev–Trinajstić information content (AvgIpc) is 2.86. The topological polar surface area (TPSA) is 64.1 Å². The van der Waals surface area contributed by atoms with Crippen LogP contribution in [0.3, 0.4) is 0 Å². The van der Waals surface area contributed by atoms with E-state index in [4.69, 9.17) is 5.73 Å². The van der Waals surface area contributed by atoms with Crippen molar-refractivity contribution in [1.82, 2.24) is 9.78 Å². The summed E-state index contributed by atoms with van der Waals surface area (Å²) in [5.41, 5.74) is 8.12. The predicted molar refractivity (Wildman–Crippen MR) is 76.7 cm³/mol. The van der Waals surface area contributed by atoms with Gasteiger partial charge in [-0.15, -0.1) is 0 Å². The average molecular weight is 259 g/mol.